The van der Waals surface area contributed by atoms with Crippen molar-refractivity contribution in [3.8, 4) is 11.5 Å². The molecule has 2 rings (SSSR count). The highest BCUT2D eigenvalue weighted by Crippen LogP contribution is 2.24. The fraction of sp³-hybridized carbons (Fsp3) is 0.440. The Kier molecular flexibility index (Phi) is 10.8. The lowest BCUT2D eigenvalue weighted by Crippen LogP contribution is -2.50. The van der Waals surface area contributed by atoms with Gasteiger partial charge in [-0.15, -0.1) is 0 Å². The first-order valence-electron chi connectivity index (χ1n) is 11.1. The molecule has 0 fully saturated rings. The maximum absolute atomic E-state index is 13.2. The van der Waals surface area contributed by atoms with Crippen LogP contribution in [0.3, 0.4) is 0 Å². The number of nitrogens with zero attached hydrogens (tertiary/aromatic N) is 1. The molecule has 0 heterocycles. The van der Waals surface area contributed by atoms with Gasteiger partial charge < -0.3 is 19.7 Å². The van der Waals surface area contributed by atoms with Crippen molar-refractivity contribution in [2.45, 2.75) is 58.7 Å². The van der Waals surface area contributed by atoms with E-state index in [0.717, 1.165) is 11.3 Å². The van der Waals surface area contributed by atoms with Crippen molar-refractivity contribution >= 4 is 35.0 Å². The van der Waals surface area contributed by atoms with E-state index < -0.39 is 6.04 Å². The first-order valence-corrected chi connectivity index (χ1v) is 11.8. The quantitative estimate of drug-likeness (QED) is 0.396. The number of hydrogen-bond acceptors (Lipinski definition) is 4. The number of carbonyl (C=O) groups excluding carboxylic acids is 2. The number of carbonyl (C=O) groups is 2. The molecular formula is C25H32Cl2N2O4. The van der Waals surface area contributed by atoms with Crippen LogP contribution in [0.5, 0.6) is 11.5 Å². The van der Waals surface area contributed by atoms with Crippen LogP contribution in [-0.2, 0) is 16.1 Å². The lowest BCUT2D eigenvalue weighted by atomic mass is 10.1. The Hall–Kier alpha value is -2.44. The summed E-state index contributed by atoms with van der Waals surface area (Å²) in [6.07, 6.45) is 1.27. The van der Waals surface area contributed by atoms with E-state index in [9.17, 15) is 9.59 Å². The third-order valence-corrected chi connectivity index (χ3v) is 5.76. The molecule has 8 heteroatoms. The first kappa shape index (κ1) is 26.8. The van der Waals surface area contributed by atoms with Gasteiger partial charge in [-0.1, -0.05) is 36.2 Å². The molecule has 0 bridgehead atoms. The second-order valence-electron chi connectivity index (χ2n) is 7.98. The molecule has 0 aliphatic rings. The minimum Gasteiger partial charge on any atom is -0.497 e. The van der Waals surface area contributed by atoms with E-state index in [1.807, 2.05) is 51.1 Å². The second-order valence-corrected chi connectivity index (χ2v) is 8.80. The van der Waals surface area contributed by atoms with E-state index in [-0.39, 0.29) is 30.8 Å². The van der Waals surface area contributed by atoms with E-state index in [2.05, 4.69) is 5.32 Å². The first-order chi connectivity index (χ1) is 15.7. The molecule has 33 heavy (non-hydrogen) atoms. The van der Waals surface area contributed by atoms with Gasteiger partial charge in [0.2, 0.25) is 11.8 Å². The number of amides is 2. The Bertz CT molecular complexity index is 919. The molecule has 0 spiro atoms. The fourth-order valence-electron chi connectivity index (χ4n) is 3.36. The van der Waals surface area contributed by atoms with Crippen LogP contribution in [0, 0.1) is 0 Å². The van der Waals surface area contributed by atoms with Crippen LogP contribution in [0.2, 0.25) is 10.0 Å². The summed E-state index contributed by atoms with van der Waals surface area (Å²) in [5, 5.41) is 3.77. The van der Waals surface area contributed by atoms with Gasteiger partial charge >= 0.3 is 0 Å². The number of rotatable bonds is 12. The molecule has 0 radical (unpaired) electrons. The summed E-state index contributed by atoms with van der Waals surface area (Å²) < 4.78 is 10.9. The molecule has 180 valence electrons. The SMILES string of the molecule is CCC(C(=O)NC(C)C)N(Cc1ccc(Cl)c(Cl)c1)C(=O)CCCOc1ccc(OC)cc1. The maximum Gasteiger partial charge on any atom is 0.243 e. The Morgan fingerprint density at radius 2 is 1.70 bits per heavy atom. The highest BCUT2D eigenvalue weighted by Gasteiger charge is 2.28. The number of methoxy groups -OCH3 is 1. The largest absolute Gasteiger partial charge is 0.497 e. The average molecular weight is 495 g/mol. The molecule has 1 atom stereocenters. The summed E-state index contributed by atoms with van der Waals surface area (Å²) in [6.45, 7) is 6.33. The summed E-state index contributed by atoms with van der Waals surface area (Å²) in [5.74, 6) is 1.17. The van der Waals surface area contributed by atoms with Crippen molar-refractivity contribution in [1.82, 2.24) is 10.2 Å². The third kappa shape index (κ3) is 8.45. The number of nitrogens with one attached hydrogen (secondary N) is 1. The van der Waals surface area contributed by atoms with Crippen molar-refractivity contribution < 1.29 is 19.1 Å². The molecule has 0 saturated heterocycles. The van der Waals surface area contributed by atoms with E-state index >= 15 is 0 Å². The second kappa shape index (κ2) is 13.3. The minimum absolute atomic E-state index is 0.0219. The van der Waals surface area contributed by atoms with Crippen LogP contribution in [0.15, 0.2) is 42.5 Å². The van der Waals surface area contributed by atoms with Gasteiger partial charge in [0, 0.05) is 19.0 Å². The zero-order chi connectivity index (χ0) is 24.4. The van der Waals surface area contributed by atoms with Crippen LogP contribution < -0.4 is 14.8 Å². The van der Waals surface area contributed by atoms with Gasteiger partial charge in [-0.2, -0.15) is 0 Å². The lowest BCUT2D eigenvalue weighted by Gasteiger charge is -2.31. The zero-order valence-corrected chi connectivity index (χ0v) is 21.1. The molecular weight excluding hydrogens is 463 g/mol. The Morgan fingerprint density at radius 1 is 1.03 bits per heavy atom. The van der Waals surface area contributed by atoms with Crippen molar-refractivity contribution in [1.29, 1.82) is 0 Å². The molecule has 0 aliphatic carbocycles. The van der Waals surface area contributed by atoms with Gasteiger partial charge in [0.25, 0.3) is 0 Å². The zero-order valence-electron chi connectivity index (χ0n) is 19.6. The van der Waals surface area contributed by atoms with Crippen LogP contribution >= 0.6 is 23.2 Å². The topological polar surface area (TPSA) is 67.9 Å². The molecule has 1 N–H and O–H groups in total. The predicted molar refractivity (Wildman–Crippen MR) is 132 cm³/mol. The summed E-state index contributed by atoms with van der Waals surface area (Å²) in [5.41, 5.74) is 0.808. The molecule has 2 aromatic carbocycles. The molecule has 2 aromatic rings. The highest BCUT2D eigenvalue weighted by molar-refractivity contribution is 6.42. The smallest absolute Gasteiger partial charge is 0.243 e. The molecule has 0 saturated carbocycles. The molecule has 0 aromatic heterocycles. The van der Waals surface area contributed by atoms with Gasteiger partial charge in [-0.3, -0.25) is 9.59 Å². The Morgan fingerprint density at radius 3 is 2.27 bits per heavy atom. The Balaban J connectivity index is 2.06. The van der Waals surface area contributed by atoms with E-state index in [1.54, 1.807) is 24.1 Å². The summed E-state index contributed by atoms with van der Waals surface area (Å²) >= 11 is 12.2. The fourth-order valence-corrected chi connectivity index (χ4v) is 3.68. The molecule has 1 unspecified atom stereocenters. The van der Waals surface area contributed by atoms with E-state index in [4.69, 9.17) is 32.7 Å². The predicted octanol–water partition coefficient (Wildman–Crippen LogP) is 5.49. The van der Waals surface area contributed by atoms with E-state index in [1.165, 1.54) is 0 Å². The monoisotopic (exact) mass is 494 g/mol. The van der Waals surface area contributed by atoms with Crippen molar-refractivity contribution in [2.24, 2.45) is 0 Å². The number of halogens is 2. The van der Waals surface area contributed by atoms with Gasteiger partial charge in [-0.25, -0.2) is 0 Å². The van der Waals surface area contributed by atoms with Crippen LogP contribution in [0.4, 0.5) is 0 Å². The number of hydrogen-bond donors (Lipinski definition) is 1. The number of benzene rings is 2. The molecule has 0 aliphatic heterocycles. The summed E-state index contributed by atoms with van der Waals surface area (Å²) in [4.78, 5) is 27.6. The maximum atomic E-state index is 13.2. The van der Waals surface area contributed by atoms with Gasteiger partial charge in [0.05, 0.1) is 23.8 Å². The highest BCUT2D eigenvalue weighted by atomic mass is 35.5. The normalized spacial score (nSPS) is 11.7. The molecule has 2 amide bonds. The van der Waals surface area contributed by atoms with Crippen molar-refractivity contribution in [3.05, 3.63) is 58.1 Å². The standard InChI is InChI=1S/C25H32Cl2N2O4/c1-5-23(25(31)28-17(2)3)29(16-18-8-13-21(26)22(27)15-18)24(30)7-6-14-33-20-11-9-19(32-4)10-12-20/h8-13,15,17,23H,5-7,14,16H2,1-4H3,(H,28,31). The van der Waals surface area contributed by atoms with Gasteiger partial charge in [0.15, 0.2) is 0 Å². The van der Waals surface area contributed by atoms with Crippen molar-refractivity contribution in [3.63, 3.8) is 0 Å². The summed E-state index contributed by atoms with van der Waals surface area (Å²) in [7, 11) is 1.61. The summed E-state index contributed by atoms with van der Waals surface area (Å²) in [6, 6.07) is 11.9. The van der Waals surface area contributed by atoms with Gasteiger partial charge in [-0.05, 0) is 68.7 Å². The Labute approximate surface area is 206 Å². The van der Waals surface area contributed by atoms with Gasteiger partial charge in [0.1, 0.15) is 17.5 Å². The number of ether oxygens (including phenoxy) is 2. The molecule has 6 nitrogen and oxygen atoms in total. The van der Waals surface area contributed by atoms with E-state index in [0.29, 0.717) is 35.2 Å². The average Bonchev–Trinajstić information content (AvgIpc) is 2.78. The van der Waals surface area contributed by atoms with Crippen LogP contribution in [0.25, 0.3) is 0 Å². The van der Waals surface area contributed by atoms with Crippen LogP contribution in [-0.4, -0.2) is 42.5 Å². The van der Waals surface area contributed by atoms with Crippen molar-refractivity contribution in [2.75, 3.05) is 13.7 Å². The third-order valence-electron chi connectivity index (χ3n) is 5.02. The lowest BCUT2D eigenvalue weighted by molar-refractivity contribution is -0.141. The van der Waals surface area contributed by atoms with Crippen LogP contribution in [0.1, 0.15) is 45.6 Å². The minimum atomic E-state index is -0.586.